The molecule has 4 heteroatoms. The number of hydrogen-bond acceptors (Lipinski definition) is 3. The van der Waals surface area contributed by atoms with Gasteiger partial charge in [0.2, 0.25) is 0 Å². The second-order valence-corrected chi connectivity index (χ2v) is 5.72. The van der Waals surface area contributed by atoms with Gasteiger partial charge in [-0.15, -0.1) is 11.6 Å². The quantitative estimate of drug-likeness (QED) is 0.735. The first-order valence-corrected chi connectivity index (χ1v) is 7.12. The molecule has 0 aliphatic rings. The second-order valence-electron chi connectivity index (χ2n) is 5.45. The van der Waals surface area contributed by atoms with Crippen LogP contribution in [0.2, 0.25) is 0 Å². The zero-order chi connectivity index (χ0) is 13.7. The maximum Gasteiger partial charge on any atom is 0.131 e. The number of halogens is 1. The van der Waals surface area contributed by atoms with Crippen LogP contribution in [0, 0.1) is 5.92 Å². The molecule has 0 saturated heterocycles. The van der Waals surface area contributed by atoms with E-state index in [4.69, 9.17) is 11.6 Å². The van der Waals surface area contributed by atoms with Crippen molar-refractivity contribution in [3.8, 4) is 0 Å². The lowest BCUT2D eigenvalue weighted by molar-refractivity contribution is 0.584. The summed E-state index contributed by atoms with van der Waals surface area (Å²) in [5, 5.41) is 0. The third kappa shape index (κ3) is 4.13. The van der Waals surface area contributed by atoms with E-state index in [1.54, 1.807) is 0 Å². The van der Waals surface area contributed by atoms with Crippen molar-refractivity contribution in [1.29, 1.82) is 0 Å². The average molecular weight is 270 g/mol. The fourth-order valence-electron chi connectivity index (χ4n) is 1.69. The number of rotatable bonds is 6. The summed E-state index contributed by atoms with van der Waals surface area (Å²) >= 11 is 6.00. The second kappa shape index (κ2) is 6.93. The van der Waals surface area contributed by atoms with Crippen molar-refractivity contribution in [3.05, 3.63) is 17.7 Å². The molecule has 0 N–H and O–H groups in total. The fourth-order valence-corrected chi connectivity index (χ4v) is 1.89. The van der Waals surface area contributed by atoms with Crippen LogP contribution in [0.15, 0.2) is 6.20 Å². The number of nitrogens with zero attached hydrogens (tertiary/aromatic N) is 3. The van der Waals surface area contributed by atoms with Crippen LogP contribution in [0.3, 0.4) is 0 Å². The summed E-state index contributed by atoms with van der Waals surface area (Å²) in [5.74, 6) is 2.33. The zero-order valence-corrected chi connectivity index (χ0v) is 12.8. The maximum atomic E-state index is 6.00. The summed E-state index contributed by atoms with van der Waals surface area (Å²) in [6.07, 6.45) is 3.06. The Balaban J connectivity index is 2.87. The molecule has 1 aromatic heterocycles. The van der Waals surface area contributed by atoms with Crippen molar-refractivity contribution in [2.75, 3.05) is 18.5 Å². The molecule has 1 heterocycles. The van der Waals surface area contributed by atoms with Gasteiger partial charge in [0.05, 0.1) is 23.5 Å². The van der Waals surface area contributed by atoms with E-state index in [-0.39, 0.29) is 0 Å². The molecule has 0 aromatic carbocycles. The van der Waals surface area contributed by atoms with Crippen molar-refractivity contribution in [2.24, 2.45) is 5.92 Å². The van der Waals surface area contributed by atoms with Crippen molar-refractivity contribution in [1.82, 2.24) is 9.97 Å². The van der Waals surface area contributed by atoms with Crippen LogP contribution in [0.5, 0.6) is 0 Å². The van der Waals surface area contributed by atoms with E-state index in [2.05, 4.69) is 49.6 Å². The molecule has 3 nitrogen and oxygen atoms in total. The minimum Gasteiger partial charge on any atom is -0.372 e. The largest absolute Gasteiger partial charge is 0.372 e. The van der Waals surface area contributed by atoms with Crippen LogP contribution >= 0.6 is 11.6 Å². The summed E-state index contributed by atoms with van der Waals surface area (Å²) < 4.78 is 0. The standard InChI is InChI=1S/C14H24ClN3/c1-10(2)6-7-18(5)13-9-16-14(11(3)4)17-12(13)8-15/h9-11H,6-8H2,1-5H3. The number of aromatic nitrogens is 2. The molecule has 0 atom stereocenters. The minimum atomic E-state index is 0.335. The van der Waals surface area contributed by atoms with E-state index in [1.807, 2.05) is 6.20 Å². The molecular formula is C14H24ClN3. The van der Waals surface area contributed by atoms with Crippen LogP contribution in [0.25, 0.3) is 0 Å². The van der Waals surface area contributed by atoms with Gasteiger partial charge in [0, 0.05) is 19.5 Å². The van der Waals surface area contributed by atoms with Crippen molar-refractivity contribution >= 4 is 17.3 Å². The van der Waals surface area contributed by atoms with Crippen LogP contribution in [-0.4, -0.2) is 23.6 Å². The Labute approximate surface area is 116 Å². The molecule has 0 spiro atoms. The third-order valence-corrected chi connectivity index (χ3v) is 3.21. The maximum absolute atomic E-state index is 6.00. The molecule has 0 aliphatic heterocycles. The Bertz CT molecular complexity index is 377. The van der Waals surface area contributed by atoms with Gasteiger partial charge in [0.25, 0.3) is 0 Å². The summed E-state index contributed by atoms with van der Waals surface area (Å²) in [7, 11) is 2.08. The molecule has 0 bridgehead atoms. The Morgan fingerprint density at radius 3 is 2.44 bits per heavy atom. The van der Waals surface area contributed by atoms with E-state index >= 15 is 0 Å². The van der Waals surface area contributed by atoms with E-state index in [0.29, 0.717) is 17.7 Å². The fraction of sp³-hybridized carbons (Fsp3) is 0.714. The van der Waals surface area contributed by atoms with Gasteiger partial charge in [-0.25, -0.2) is 9.97 Å². The first kappa shape index (κ1) is 15.2. The van der Waals surface area contributed by atoms with Crippen LogP contribution < -0.4 is 4.90 Å². The summed E-state index contributed by atoms with van der Waals surface area (Å²) in [6.45, 7) is 9.65. The SMILES string of the molecule is CC(C)CCN(C)c1cnc(C(C)C)nc1CCl. The van der Waals surface area contributed by atoms with Crippen molar-refractivity contribution in [3.63, 3.8) is 0 Å². The molecule has 102 valence electrons. The monoisotopic (exact) mass is 269 g/mol. The molecule has 1 aromatic rings. The Morgan fingerprint density at radius 1 is 1.28 bits per heavy atom. The lowest BCUT2D eigenvalue weighted by Gasteiger charge is -2.22. The molecule has 0 fully saturated rings. The van der Waals surface area contributed by atoms with Crippen LogP contribution in [0.1, 0.15) is 51.6 Å². The van der Waals surface area contributed by atoms with Crippen LogP contribution in [0.4, 0.5) is 5.69 Å². The van der Waals surface area contributed by atoms with Gasteiger partial charge in [-0.3, -0.25) is 0 Å². The molecule has 0 aliphatic carbocycles. The van der Waals surface area contributed by atoms with E-state index < -0.39 is 0 Å². The lowest BCUT2D eigenvalue weighted by atomic mass is 10.1. The van der Waals surface area contributed by atoms with Crippen molar-refractivity contribution in [2.45, 2.75) is 45.9 Å². The number of alkyl halides is 1. The first-order valence-electron chi connectivity index (χ1n) is 6.58. The number of hydrogen-bond donors (Lipinski definition) is 0. The van der Waals surface area contributed by atoms with Gasteiger partial charge in [-0.05, 0) is 12.3 Å². The summed E-state index contributed by atoms with van der Waals surface area (Å²) in [5.41, 5.74) is 1.98. The van der Waals surface area contributed by atoms with E-state index in [0.717, 1.165) is 30.2 Å². The zero-order valence-electron chi connectivity index (χ0n) is 12.1. The molecule has 1 rings (SSSR count). The summed E-state index contributed by atoms with van der Waals surface area (Å²) in [4.78, 5) is 11.2. The lowest BCUT2D eigenvalue weighted by Crippen LogP contribution is -2.22. The van der Waals surface area contributed by atoms with Gasteiger partial charge < -0.3 is 4.90 Å². The molecule has 0 unspecified atom stereocenters. The molecular weight excluding hydrogens is 246 g/mol. The molecule has 0 amide bonds. The molecule has 0 radical (unpaired) electrons. The Morgan fingerprint density at radius 2 is 1.94 bits per heavy atom. The highest BCUT2D eigenvalue weighted by molar-refractivity contribution is 6.17. The predicted octanol–water partition coefficient (Wildman–Crippen LogP) is 3.82. The summed E-state index contributed by atoms with van der Waals surface area (Å²) in [6, 6.07) is 0. The van der Waals surface area contributed by atoms with Gasteiger partial charge in [0.1, 0.15) is 5.82 Å². The highest BCUT2D eigenvalue weighted by Crippen LogP contribution is 2.21. The van der Waals surface area contributed by atoms with Crippen LogP contribution in [-0.2, 0) is 5.88 Å². The van der Waals surface area contributed by atoms with Gasteiger partial charge in [0.15, 0.2) is 0 Å². The van der Waals surface area contributed by atoms with Crippen molar-refractivity contribution < 1.29 is 0 Å². The molecule has 0 saturated carbocycles. The van der Waals surface area contributed by atoms with Gasteiger partial charge in [-0.1, -0.05) is 27.7 Å². The van der Waals surface area contributed by atoms with Gasteiger partial charge >= 0.3 is 0 Å². The minimum absolute atomic E-state index is 0.335. The van der Waals surface area contributed by atoms with E-state index in [9.17, 15) is 0 Å². The average Bonchev–Trinajstić information content (AvgIpc) is 2.34. The van der Waals surface area contributed by atoms with E-state index in [1.165, 1.54) is 0 Å². The molecule has 18 heavy (non-hydrogen) atoms. The Kier molecular flexibility index (Phi) is 5.86. The number of anilines is 1. The highest BCUT2D eigenvalue weighted by atomic mass is 35.5. The normalized spacial score (nSPS) is 11.3. The highest BCUT2D eigenvalue weighted by Gasteiger charge is 2.12. The van der Waals surface area contributed by atoms with Gasteiger partial charge in [-0.2, -0.15) is 0 Å². The topological polar surface area (TPSA) is 29.0 Å². The smallest absolute Gasteiger partial charge is 0.131 e. The predicted molar refractivity (Wildman–Crippen MR) is 78.4 cm³/mol. The Hall–Kier alpha value is -0.830. The third-order valence-electron chi connectivity index (χ3n) is 2.96. The first-order chi connectivity index (χ1) is 8.45.